The van der Waals surface area contributed by atoms with Gasteiger partial charge in [-0.3, -0.25) is 9.59 Å². The Kier molecular flexibility index (Phi) is 5.77. The van der Waals surface area contributed by atoms with Crippen molar-refractivity contribution in [1.29, 1.82) is 0 Å². The average molecular weight is 430 g/mol. The number of ether oxygens (including phenoxy) is 1. The van der Waals surface area contributed by atoms with Gasteiger partial charge in [0, 0.05) is 23.7 Å². The van der Waals surface area contributed by atoms with Crippen LogP contribution in [-0.4, -0.2) is 42.0 Å². The number of aliphatic hydroxyl groups excluding tert-OH is 1. The molecule has 0 radical (unpaired) electrons. The number of aliphatic hydroxyl groups is 1. The van der Waals surface area contributed by atoms with Crippen molar-refractivity contribution in [3.05, 3.63) is 75.3 Å². The molecular weight excluding hydrogens is 410 g/mol. The van der Waals surface area contributed by atoms with Gasteiger partial charge in [0.15, 0.2) is 0 Å². The van der Waals surface area contributed by atoms with Crippen molar-refractivity contribution < 1.29 is 19.4 Å². The van der Waals surface area contributed by atoms with Crippen LogP contribution in [-0.2, 0) is 14.3 Å². The van der Waals surface area contributed by atoms with Crippen LogP contribution in [0.4, 0.5) is 0 Å². The predicted molar refractivity (Wildman–Crippen MR) is 106 cm³/mol. The highest BCUT2D eigenvalue weighted by molar-refractivity contribution is 9.10. The monoisotopic (exact) mass is 429 g/mol. The maximum absolute atomic E-state index is 12.8. The molecule has 6 heteroatoms. The zero-order valence-corrected chi connectivity index (χ0v) is 16.7. The van der Waals surface area contributed by atoms with Crippen molar-refractivity contribution in [2.24, 2.45) is 0 Å². The number of likely N-dealkylation sites (tertiary alicyclic amines) is 1. The molecule has 1 atom stereocenters. The molecule has 1 N–H and O–H groups in total. The molecule has 0 spiro atoms. The molecule has 1 aliphatic heterocycles. The topological polar surface area (TPSA) is 66.8 Å². The molecule has 2 aromatic rings. The molecule has 1 saturated heterocycles. The van der Waals surface area contributed by atoms with Crippen LogP contribution < -0.4 is 0 Å². The first-order valence-corrected chi connectivity index (χ1v) is 9.33. The summed E-state index contributed by atoms with van der Waals surface area (Å²) < 4.78 is 5.96. The minimum absolute atomic E-state index is 0.104. The van der Waals surface area contributed by atoms with Gasteiger partial charge < -0.3 is 14.7 Å². The third-order valence-corrected chi connectivity index (χ3v) is 5.21. The van der Waals surface area contributed by atoms with E-state index in [1.54, 1.807) is 31.4 Å². The highest BCUT2D eigenvalue weighted by Gasteiger charge is 2.46. The molecule has 0 aliphatic carbocycles. The highest BCUT2D eigenvalue weighted by atomic mass is 79.9. The Hall–Kier alpha value is -2.44. The van der Waals surface area contributed by atoms with E-state index >= 15 is 0 Å². The molecule has 1 heterocycles. The van der Waals surface area contributed by atoms with E-state index in [4.69, 9.17) is 4.74 Å². The van der Waals surface area contributed by atoms with Gasteiger partial charge in [-0.25, -0.2) is 0 Å². The number of nitrogens with zero attached hydrogens (tertiary/aromatic N) is 1. The Balaban J connectivity index is 2.18. The van der Waals surface area contributed by atoms with Gasteiger partial charge >= 0.3 is 0 Å². The number of methoxy groups -OCH3 is 1. The van der Waals surface area contributed by atoms with Crippen LogP contribution in [0.25, 0.3) is 5.76 Å². The lowest BCUT2D eigenvalue weighted by Crippen LogP contribution is -2.32. The van der Waals surface area contributed by atoms with Crippen LogP contribution in [0.3, 0.4) is 0 Å². The van der Waals surface area contributed by atoms with E-state index in [1.165, 1.54) is 4.90 Å². The number of aryl methyl sites for hydroxylation is 1. The lowest BCUT2D eigenvalue weighted by atomic mass is 9.92. The molecule has 1 amide bonds. The van der Waals surface area contributed by atoms with Crippen molar-refractivity contribution in [1.82, 2.24) is 4.90 Å². The number of benzene rings is 2. The molecule has 5 nitrogen and oxygen atoms in total. The van der Waals surface area contributed by atoms with E-state index in [0.29, 0.717) is 12.2 Å². The number of hydrogen-bond donors (Lipinski definition) is 1. The normalized spacial score (nSPS) is 18.9. The van der Waals surface area contributed by atoms with E-state index < -0.39 is 17.7 Å². The number of carbonyl (C=O) groups excluding carboxylic acids is 2. The van der Waals surface area contributed by atoms with Crippen LogP contribution in [0.1, 0.15) is 22.7 Å². The molecular formula is C21H20BrNO4. The first kappa shape index (κ1) is 19.3. The zero-order valence-electron chi connectivity index (χ0n) is 15.1. The second-order valence-corrected chi connectivity index (χ2v) is 7.26. The third kappa shape index (κ3) is 3.68. The van der Waals surface area contributed by atoms with Crippen LogP contribution in [0.5, 0.6) is 0 Å². The molecule has 140 valence electrons. The molecule has 1 aliphatic rings. The number of halogens is 1. The van der Waals surface area contributed by atoms with E-state index in [0.717, 1.165) is 15.6 Å². The quantitative estimate of drug-likeness (QED) is 0.445. The van der Waals surface area contributed by atoms with Crippen LogP contribution in [0.2, 0.25) is 0 Å². The summed E-state index contributed by atoms with van der Waals surface area (Å²) in [6.07, 6.45) is 0. The fourth-order valence-corrected chi connectivity index (χ4v) is 3.54. The van der Waals surface area contributed by atoms with Gasteiger partial charge in [0.2, 0.25) is 0 Å². The SMILES string of the molecule is COCCN1C(=O)C(=O)/C(=C(\O)c2ccc(Br)cc2)C1c1ccccc1C. The number of ketones is 1. The summed E-state index contributed by atoms with van der Waals surface area (Å²) in [5, 5.41) is 10.9. The summed E-state index contributed by atoms with van der Waals surface area (Å²) in [5.74, 6) is -1.48. The molecule has 0 aromatic heterocycles. The lowest BCUT2D eigenvalue weighted by Gasteiger charge is -2.26. The predicted octanol–water partition coefficient (Wildman–Crippen LogP) is 3.83. The largest absolute Gasteiger partial charge is 0.507 e. The van der Waals surface area contributed by atoms with Gasteiger partial charge in [0.05, 0.1) is 18.2 Å². The summed E-state index contributed by atoms with van der Waals surface area (Å²) in [5.41, 5.74) is 2.34. The maximum Gasteiger partial charge on any atom is 0.295 e. The standard InChI is InChI=1S/C21H20BrNO4/c1-13-5-3-4-6-16(13)18-17(19(24)14-7-9-15(22)10-8-14)20(25)21(26)23(18)11-12-27-2/h3-10,18,24H,11-12H2,1-2H3/b19-17-. The number of rotatable bonds is 5. The molecule has 1 unspecified atom stereocenters. The van der Waals surface area contributed by atoms with Crippen molar-refractivity contribution in [2.75, 3.05) is 20.3 Å². The Labute approximate surface area is 166 Å². The van der Waals surface area contributed by atoms with E-state index in [2.05, 4.69) is 15.9 Å². The van der Waals surface area contributed by atoms with Gasteiger partial charge in [-0.1, -0.05) is 52.3 Å². The Morgan fingerprint density at radius 1 is 1.15 bits per heavy atom. The molecule has 3 rings (SSSR count). The number of hydrogen-bond acceptors (Lipinski definition) is 4. The number of Topliss-reactive ketones (excluding diaryl/α,β-unsaturated/α-hetero) is 1. The van der Waals surface area contributed by atoms with E-state index in [9.17, 15) is 14.7 Å². The summed E-state index contributed by atoms with van der Waals surface area (Å²) in [7, 11) is 1.54. The molecule has 0 bridgehead atoms. The smallest absolute Gasteiger partial charge is 0.295 e. The first-order chi connectivity index (χ1) is 13.0. The molecule has 27 heavy (non-hydrogen) atoms. The van der Waals surface area contributed by atoms with Crippen molar-refractivity contribution >= 4 is 33.4 Å². The fraction of sp³-hybridized carbons (Fsp3) is 0.238. The molecule has 1 fully saturated rings. The molecule has 2 aromatic carbocycles. The third-order valence-electron chi connectivity index (χ3n) is 4.68. The summed E-state index contributed by atoms with van der Waals surface area (Å²) in [4.78, 5) is 26.9. The second kappa shape index (κ2) is 8.06. The van der Waals surface area contributed by atoms with E-state index in [-0.39, 0.29) is 17.9 Å². The van der Waals surface area contributed by atoms with Crippen molar-refractivity contribution in [3.8, 4) is 0 Å². The lowest BCUT2D eigenvalue weighted by molar-refractivity contribution is -0.140. The van der Waals surface area contributed by atoms with Gasteiger partial charge in [-0.2, -0.15) is 0 Å². The zero-order chi connectivity index (χ0) is 19.6. The van der Waals surface area contributed by atoms with Gasteiger partial charge in [0.25, 0.3) is 11.7 Å². The number of carbonyl (C=O) groups is 2. The van der Waals surface area contributed by atoms with Crippen molar-refractivity contribution in [3.63, 3.8) is 0 Å². The highest BCUT2D eigenvalue weighted by Crippen LogP contribution is 2.40. The van der Waals surface area contributed by atoms with Crippen LogP contribution >= 0.6 is 15.9 Å². The second-order valence-electron chi connectivity index (χ2n) is 6.35. The van der Waals surface area contributed by atoms with Crippen LogP contribution in [0, 0.1) is 6.92 Å². The minimum Gasteiger partial charge on any atom is -0.507 e. The Morgan fingerprint density at radius 3 is 2.44 bits per heavy atom. The summed E-state index contributed by atoms with van der Waals surface area (Å²) >= 11 is 3.35. The van der Waals surface area contributed by atoms with E-state index in [1.807, 2.05) is 31.2 Å². The Bertz CT molecular complexity index is 905. The minimum atomic E-state index is -0.681. The Morgan fingerprint density at radius 2 is 1.81 bits per heavy atom. The van der Waals surface area contributed by atoms with Gasteiger partial charge in [-0.15, -0.1) is 0 Å². The average Bonchev–Trinajstić information content (AvgIpc) is 2.91. The van der Waals surface area contributed by atoms with Gasteiger partial charge in [0.1, 0.15) is 5.76 Å². The first-order valence-electron chi connectivity index (χ1n) is 8.54. The molecule has 0 saturated carbocycles. The maximum atomic E-state index is 12.8. The summed E-state index contributed by atoms with van der Waals surface area (Å²) in [6, 6.07) is 13.9. The van der Waals surface area contributed by atoms with Gasteiger partial charge in [-0.05, 0) is 30.2 Å². The van der Waals surface area contributed by atoms with Crippen molar-refractivity contribution in [2.45, 2.75) is 13.0 Å². The fourth-order valence-electron chi connectivity index (χ4n) is 3.28. The van der Waals surface area contributed by atoms with Crippen LogP contribution in [0.15, 0.2) is 58.6 Å². The summed E-state index contributed by atoms with van der Waals surface area (Å²) in [6.45, 7) is 2.48. The number of amides is 1.